The standard InChI is InChI=1S/C5H11AsO4/c1-5(2,3)10-4(7)6(8)9/h6H,1-3H3,(H,8,9). The first-order chi connectivity index (χ1) is 4.33. The molecule has 0 saturated heterocycles. The molecule has 0 aromatic heterocycles. The summed E-state index contributed by atoms with van der Waals surface area (Å²) in [6.45, 7) is 4.94. The zero-order chi connectivity index (χ0) is 8.36. The van der Waals surface area contributed by atoms with Gasteiger partial charge in [-0.2, -0.15) is 0 Å². The van der Waals surface area contributed by atoms with Crippen LogP contribution in [0.2, 0.25) is 0 Å². The van der Waals surface area contributed by atoms with E-state index in [1.54, 1.807) is 20.8 Å². The Balaban J connectivity index is 3.93. The van der Waals surface area contributed by atoms with Crippen molar-refractivity contribution in [2.75, 3.05) is 0 Å². The van der Waals surface area contributed by atoms with Gasteiger partial charge in [-0.3, -0.25) is 0 Å². The molecule has 5 heteroatoms. The Morgan fingerprint density at radius 3 is 2.00 bits per heavy atom. The quantitative estimate of drug-likeness (QED) is 0.625. The molecular formula is C5H11AsO4. The van der Waals surface area contributed by atoms with Gasteiger partial charge in [0.2, 0.25) is 0 Å². The van der Waals surface area contributed by atoms with Gasteiger partial charge in [0, 0.05) is 0 Å². The van der Waals surface area contributed by atoms with E-state index in [0.717, 1.165) is 0 Å². The molecule has 0 bridgehead atoms. The summed E-state index contributed by atoms with van der Waals surface area (Å²) in [6.07, 6.45) is 0. The van der Waals surface area contributed by atoms with E-state index in [1.807, 2.05) is 0 Å². The first-order valence-electron chi connectivity index (χ1n) is 2.79. The second-order valence-corrected chi connectivity index (χ2v) is 4.94. The molecule has 0 aliphatic rings. The zero-order valence-electron chi connectivity index (χ0n) is 6.17. The van der Waals surface area contributed by atoms with Gasteiger partial charge in [-0.15, -0.1) is 0 Å². The van der Waals surface area contributed by atoms with Gasteiger partial charge in [0.1, 0.15) is 0 Å². The molecule has 0 aromatic rings. The molecule has 0 amide bonds. The van der Waals surface area contributed by atoms with Crippen LogP contribution in [-0.2, 0) is 8.48 Å². The van der Waals surface area contributed by atoms with Gasteiger partial charge in [0.25, 0.3) is 0 Å². The molecule has 0 saturated carbocycles. The molecule has 0 aliphatic heterocycles. The van der Waals surface area contributed by atoms with Crippen LogP contribution in [0, 0.1) is 0 Å². The Morgan fingerprint density at radius 1 is 1.50 bits per heavy atom. The van der Waals surface area contributed by atoms with Crippen molar-refractivity contribution in [3.63, 3.8) is 0 Å². The van der Waals surface area contributed by atoms with E-state index in [4.69, 9.17) is 4.10 Å². The van der Waals surface area contributed by atoms with Crippen molar-refractivity contribution in [1.29, 1.82) is 0 Å². The zero-order valence-corrected chi connectivity index (χ0v) is 8.27. The van der Waals surface area contributed by atoms with Crippen molar-refractivity contribution in [3.8, 4) is 0 Å². The van der Waals surface area contributed by atoms with Gasteiger partial charge in [-0.1, -0.05) is 0 Å². The molecule has 0 rings (SSSR count). The van der Waals surface area contributed by atoms with Crippen LogP contribution >= 0.6 is 0 Å². The Kier molecular flexibility index (Phi) is 3.19. The number of ether oxygens (including phenoxy) is 1. The fourth-order valence-corrected chi connectivity index (χ4v) is 1.15. The van der Waals surface area contributed by atoms with E-state index in [9.17, 15) is 8.53 Å². The van der Waals surface area contributed by atoms with Gasteiger partial charge < -0.3 is 0 Å². The number of carbonyl (C=O) groups is 1. The molecule has 1 N–H and O–H groups in total. The number of hydrogen-bond donors (Lipinski definition) is 1. The Bertz CT molecular complexity index is 158. The van der Waals surface area contributed by atoms with Crippen LogP contribution in [0.25, 0.3) is 0 Å². The molecular weight excluding hydrogens is 199 g/mol. The fraction of sp³-hybridized carbons (Fsp3) is 0.800. The molecule has 0 aromatic carbocycles. The second-order valence-electron chi connectivity index (χ2n) is 2.81. The Morgan fingerprint density at radius 2 is 1.90 bits per heavy atom. The van der Waals surface area contributed by atoms with Crippen molar-refractivity contribution in [3.05, 3.63) is 0 Å². The van der Waals surface area contributed by atoms with Crippen LogP contribution < -0.4 is 0 Å². The molecule has 0 radical (unpaired) electrons. The number of carbonyl (C=O) groups excluding carboxylic acids is 1. The average Bonchev–Trinajstić information content (AvgIpc) is 1.60. The van der Waals surface area contributed by atoms with Crippen molar-refractivity contribution < 1.29 is 17.4 Å². The molecule has 10 heavy (non-hydrogen) atoms. The van der Waals surface area contributed by atoms with Gasteiger partial charge in [-0.25, -0.2) is 0 Å². The summed E-state index contributed by atoms with van der Waals surface area (Å²) in [5.41, 5.74) is -0.664. The van der Waals surface area contributed by atoms with Crippen molar-refractivity contribution in [1.82, 2.24) is 0 Å². The normalized spacial score (nSPS) is 14.4. The van der Waals surface area contributed by atoms with Crippen LogP contribution in [0.5, 0.6) is 0 Å². The molecule has 1 atom stereocenters. The summed E-state index contributed by atoms with van der Waals surface area (Å²) >= 11 is -3.71. The molecule has 0 aliphatic carbocycles. The van der Waals surface area contributed by atoms with Crippen LogP contribution in [0.3, 0.4) is 0 Å². The summed E-state index contributed by atoms with van der Waals surface area (Å²) in [5, 5.41) is 0. The van der Waals surface area contributed by atoms with E-state index in [0.29, 0.717) is 0 Å². The molecule has 60 valence electrons. The Hall–Kier alpha value is -0.212. The molecule has 1 unspecified atom stereocenters. The van der Waals surface area contributed by atoms with Gasteiger partial charge in [0.15, 0.2) is 0 Å². The fourth-order valence-electron chi connectivity index (χ4n) is 0.322. The monoisotopic (exact) mass is 210 g/mol. The summed E-state index contributed by atoms with van der Waals surface area (Å²) in [4.78, 5) is 10.4. The topological polar surface area (TPSA) is 63.6 Å². The van der Waals surface area contributed by atoms with Crippen LogP contribution in [-0.4, -0.2) is 29.4 Å². The van der Waals surface area contributed by atoms with Crippen molar-refractivity contribution >= 4 is 19.7 Å². The third-order valence-electron chi connectivity index (χ3n) is 0.574. The third-order valence-corrected chi connectivity index (χ3v) is 1.52. The predicted octanol–water partition coefficient (Wildman–Crippen LogP) is 0.146. The SMILES string of the molecule is CC(C)(C)OC(=O)[AsH](=O)O. The first-order valence-corrected chi connectivity index (χ1v) is 5.63. The van der Waals surface area contributed by atoms with Crippen LogP contribution in [0.4, 0.5) is 4.79 Å². The van der Waals surface area contributed by atoms with Crippen molar-refractivity contribution in [2.45, 2.75) is 26.4 Å². The van der Waals surface area contributed by atoms with E-state index >= 15 is 0 Å². The second kappa shape index (κ2) is 3.26. The first kappa shape index (κ1) is 9.79. The summed E-state index contributed by atoms with van der Waals surface area (Å²) in [5.74, 6) is 0. The predicted molar refractivity (Wildman–Crippen MR) is 36.3 cm³/mol. The van der Waals surface area contributed by atoms with E-state index < -0.39 is 25.3 Å². The summed E-state index contributed by atoms with van der Waals surface area (Å²) < 4.78 is 22.1. The van der Waals surface area contributed by atoms with E-state index in [1.165, 1.54) is 0 Å². The van der Waals surface area contributed by atoms with Crippen molar-refractivity contribution in [2.24, 2.45) is 0 Å². The van der Waals surface area contributed by atoms with Gasteiger partial charge in [-0.05, 0) is 0 Å². The van der Waals surface area contributed by atoms with Crippen LogP contribution in [0.1, 0.15) is 20.8 Å². The maximum atomic E-state index is 10.4. The van der Waals surface area contributed by atoms with Crippen LogP contribution in [0.15, 0.2) is 0 Å². The van der Waals surface area contributed by atoms with E-state index in [-0.39, 0.29) is 0 Å². The average molecular weight is 210 g/mol. The molecule has 0 heterocycles. The summed E-state index contributed by atoms with van der Waals surface area (Å²) in [7, 11) is 0. The number of rotatable bonds is 1. The Labute approximate surface area is 64.0 Å². The van der Waals surface area contributed by atoms with E-state index in [2.05, 4.69) is 4.74 Å². The molecule has 4 nitrogen and oxygen atoms in total. The summed E-state index contributed by atoms with van der Waals surface area (Å²) in [6, 6.07) is 0. The number of hydrogen-bond acceptors (Lipinski definition) is 3. The molecule has 0 fully saturated rings. The minimum absolute atomic E-state index is 0.664. The minimum atomic E-state index is -3.71. The maximum absolute atomic E-state index is 10.4. The van der Waals surface area contributed by atoms with Gasteiger partial charge in [0.05, 0.1) is 0 Å². The van der Waals surface area contributed by atoms with Gasteiger partial charge >= 0.3 is 63.4 Å². The molecule has 0 spiro atoms. The third kappa shape index (κ3) is 4.65.